The highest BCUT2D eigenvalue weighted by Gasteiger charge is 2.13. The second-order valence-electron chi connectivity index (χ2n) is 3.51. The predicted octanol–water partition coefficient (Wildman–Crippen LogP) is 1.64. The van der Waals surface area contributed by atoms with Crippen LogP contribution >= 0.6 is 11.6 Å². The van der Waals surface area contributed by atoms with Crippen molar-refractivity contribution in [2.24, 2.45) is 12.8 Å². The van der Waals surface area contributed by atoms with Crippen molar-refractivity contribution < 1.29 is 0 Å². The van der Waals surface area contributed by atoms with Crippen LogP contribution in [0.25, 0.3) is 11.3 Å². The standard InChI is InChI=1S/C11H13ClN4/c1-16-9(4-5-13)15-11(12)10(16)8-3-2-6-14-7-8/h2-3,6-7H,4-5,13H2,1H3. The predicted molar refractivity (Wildman–Crippen MR) is 64.2 cm³/mol. The van der Waals surface area contributed by atoms with Crippen LogP contribution < -0.4 is 5.73 Å². The van der Waals surface area contributed by atoms with Crippen molar-refractivity contribution in [2.45, 2.75) is 6.42 Å². The van der Waals surface area contributed by atoms with E-state index in [9.17, 15) is 0 Å². The molecular formula is C11H13ClN4. The van der Waals surface area contributed by atoms with Crippen LogP contribution in [-0.2, 0) is 13.5 Å². The molecule has 0 fully saturated rings. The molecule has 0 aliphatic carbocycles. The monoisotopic (exact) mass is 236 g/mol. The summed E-state index contributed by atoms with van der Waals surface area (Å²) in [7, 11) is 1.94. The fourth-order valence-electron chi connectivity index (χ4n) is 1.68. The zero-order valence-corrected chi connectivity index (χ0v) is 9.78. The van der Waals surface area contributed by atoms with Gasteiger partial charge in [0.25, 0.3) is 0 Å². The maximum Gasteiger partial charge on any atom is 0.155 e. The van der Waals surface area contributed by atoms with Crippen molar-refractivity contribution >= 4 is 11.6 Å². The summed E-state index contributed by atoms with van der Waals surface area (Å²) >= 11 is 6.12. The van der Waals surface area contributed by atoms with Gasteiger partial charge in [0, 0.05) is 31.4 Å². The van der Waals surface area contributed by atoms with Gasteiger partial charge in [-0.15, -0.1) is 0 Å². The topological polar surface area (TPSA) is 56.7 Å². The number of hydrogen-bond acceptors (Lipinski definition) is 3. The van der Waals surface area contributed by atoms with Crippen LogP contribution in [0.3, 0.4) is 0 Å². The molecular weight excluding hydrogens is 224 g/mol. The summed E-state index contributed by atoms with van der Waals surface area (Å²) < 4.78 is 1.96. The van der Waals surface area contributed by atoms with Crippen molar-refractivity contribution in [1.82, 2.24) is 14.5 Å². The lowest BCUT2D eigenvalue weighted by Gasteiger charge is -2.04. The normalized spacial score (nSPS) is 10.7. The molecule has 0 aliphatic heterocycles. The average molecular weight is 237 g/mol. The molecule has 0 saturated carbocycles. The van der Waals surface area contributed by atoms with E-state index < -0.39 is 0 Å². The number of imidazole rings is 1. The summed E-state index contributed by atoms with van der Waals surface area (Å²) in [5, 5.41) is 0.499. The molecule has 0 atom stereocenters. The van der Waals surface area contributed by atoms with E-state index in [4.69, 9.17) is 17.3 Å². The Kier molecular flexibility index (Phi) is 3.22. The highest BCUT2D eigenvalue weighted by molar-refractivity contribution is 6.32. The second-order valence-corrected chi connectivity index (χ2v) is 3.86. The lowest BCUT2D eigenvalue weighted by Crippen LogP contribution is -2.08. The maximum absolute atomic E-state index is 6.12. The van der Waals surface area contributed by atoms with Crippen LogP contribution in [0.2, 0.25) is 5.15 Å². The minimum atomic E-state index is 0.499. The van der Waals surface area contributed by atoms with Gasteiger partial charge in [-0.3, -0.25) is 4.98 Å². The van der Waals surface area contributed by atoms with E-state index in [1.165, 1.54) is 0 Å². The summed E-state index contributed by atoms with van der Waals surface area (Å²) in [6.45, 7) is 0.563. The van der Waals surface area contributed by atoms with E-state index in [1.54, 1.807) is 12.4 Å². The largest absolute Gasteiger partial charge is 0.330 e. The number of nitrogens with zero attached hydrogens (tertiary/aromatic N) is 3. The summed E-state index contributed by atoms with van der Waals surface area (Å²) in [6, 6.07) is 3.84. The second kappa shape index (κ2) is 4.63. The van der Waals surface area contributed by atoms with Gasteiger partial charge in [0.2, 0.25) is 0 Å². The molecule has 0 spiro atoms. The number of rotatable bonds is 3. The molecule has 84 valence electrons. The van der Waals surface area contributed by atoms with Crippen LogP contribution in [0.15, 0.2) is 24.5 Å². The van der Waals surface area contributed by atoms with Crippen molar-refractivity contribution in [1.29, 1.82) is 0 Å². The van der Waals surface area contributed by atoms with Crippen molar-refractivity contribution in [2.75, 3.05) is 6.54 Å². The van der Waals surface area contributed by atoms with Crippen LogP contribution in [0.5, 0.6) is 0 Å². The Balaban J connectivity index is 2.49. The van der Waals surface area contributed by atoms with E-state index in [0.29, 0.717) is 11.7 Å². The molecule has 2 rings (SSSR count). The molecule has 2 heterocycles. The zero-order chi connectivity index (χ0) is 11.5. The maximum atomic E-state index is 6.12. The third-order valence-electron chi connectivity index (χ3n) is 2.45. The van der Waals surface area contributed by atoms with Crippen molar-refractivity contribution in [3.05, 3.63) is 35.5 Å². The van der Waals surface area contributed by atoms with E-state index >= 15 is 0 Å². The third-order valence-corrected chi connectivity index (χ3v) is 2.71. The summed E-state index contributed by atoms with van der Waals surface area (Å²) in [4.78, 5) is 8.37. The molecule has 0 aliphatic rings. The minimum Gasteiger partial charge on any atom is -0.330 e. The molecule has 2 aromatic heterocycles. The molecule has 0 aromatic carbocycles. The highest BCUT2D eigenvalue weighted by atomic mass is 35.5. The Morgan fingerprint density at radius 3 is 2.94 bits per heavy atom. The third kappa shape index (κ3) is 1.94. The molecule has 2 N–H and O–H groups in total. The SMILES string of the molecule is Cn1c(CCN)nc(Cl)c1-c1cccnc1. The molecule has 0 radical (unpaired) electrons. The molecule has 4 nitrogen and oxygen atoms in total. The number of hydrogen-bond donors (Lipinski definition) is 1. The molecule has 0 unspecified atom stereocenters. The van der Waals surface area contributed by atoms with E-state index in [0.717, 1.165) is 23.5 Å². The van der Waals surface area contributed by atoms with Crippen molar-refractivity contribution in [3.63, 3.8) is 0 Å². The van der Waals surface area contributed by atoms with E-state index in [-0.39, 0.29) is 0 Å². The van der Waals surface area contributed by atoms with E-state index in [2.05, 4.69) is 9.97 Å². The van der Waals surface area contributed by atoms with E-state index in [1.807, 2.05) is 23.7 Å². The van der Waals surface area contributed by atoms with Gasteiger partial charge in [-0.25, -0.2) is 4.98 Å². The first-order chi connectivity index (χ1) is 7.74. The molecule has 5 heteroatoms. The van der Waals surface area contributed by atoms with Gasteiger partial charge in [-0.2, -0.15) is 0 Å². The minimum absolute atomic E-state index is 0.499. The first-order valence-electron chi connectivity index (χ1n) is 5.05. The molecule has 0 saturated heterocycles. The van der Waals surface area contributed by atoms with Gasteiger partial charge in [0.1, 0.15) is 5.82 Å². The molecule has 0 bridgehead atoms. The summed E-state index contributed by atoms with van der Waals surface area (Å²) in [5.41, 5.74) is 7.37. The van der Waals surface area contributed by atoms with Gasteiger partial charge in [0.05, 0.1) is 5.69 Å². The van der Waals surface area contributed by atoms with Crippen LogP contribution in [0, 0.1) is 0 Å². The van der Waals surface area contributed by atoms with Crippen LogP contribution in [0.1, 0.15) is 5.82 Å². The Hall–Kier alpha value is -1.39. The van der Waals surface area contributed by atoms with Gasteiger partial charge < -0.3 is 10.3 Å². The quantitative estimate of drug-likeness (QED) is 0.882. The lowest BCUT2D eigenvalue weighted by molar-refractivity contribution is 0.782. The average Bonchev–Trinajstić information content (AvgIpc) is 2.56. The number of halogens is 1. The highest BCUT2D eigenvalue weighted by Crippen LogP contribution is 2.27. The summed E-state index contributed by atoms with van der Waals surface area (Å²) in [6.07, 6.45) is 4.22. The fourth-order valence-corrected chi connectivity index (χ4v) is 2.01. The molecule has 0 amide bonds. The van der Waals surface area contributed by atoms with Gasteiger partial charge in [-0.05, 0) is 18.7 Å². The smallest absolute Gasteiger partial charge is 0.155 e. The van der Waals surface area contributed by atoms with Crippen molar-refractivity contribution in [3.8, 4) is 11.3 Å². The fraction of sp³-hybridized carbons (Fsp3) is 0.273. The van der Waals surface area contributed by atoms with Gasteiger partial charge in [-0.1, -0.05) is 11.6 Å². The lowest BCUT2D eigenvalue weighted by atomic mass is 10.2. The molecule has 2 aromatic rings. The Bertz CT molecular complexity index is 478. The zero-order valence-electron chi connectivity index (χ0n) is 9.02. The Morgan fingerprint density at radius 1 is 1.50 bits per heavy atom. The molecule has 16 heavy (non-hydrogen) atoms. The van der Waals surface area contributed by atoms with Crippen LogP contribution in [0.4, 0.5) is 0 Å². The number of nitrogens with two attached hydrogens (primary N) is 1. The Morgan fingerprint density at radius 2 is 2.31 bits per heavy atom. The van der Waals surface area contributed by atoms with Gasteiger partial charge in [0.15, 0.2) is 5.15 Å². The number of aromatic nitrogens is 3. The first-order valence-corrected chi connectivity index (χ1v) is 5.43. The first kappa shape index (κ1) is 11.1. The summed E-state index contributed by atoms with van der Waals surface area (Å²) in [5.74, 6) is 0.895. The van der Waals surface area contributed by atoms with Gasteiger partial charge >= 0.3 is 0 Å². The Labute approximate surface area is 99.1 Å². The van der Waals surface area contributed by atoms with Crippen LogP contribution in [-0.4, -0.2) is 21.1 Å². The number of pyridine rings is 1.